The summed E-state index contributed by atoms with van der Waals surface area (Å²) in [6.07, 6.45) is 81.3. The molecule has 0 aliphatic heterocycles. The Morgan fingerprint density at radius 1 is 0.263 bits per heavy atom. The van der Waals surface area contributed by atoms with Crippen molar-refractivity contribution < 1.29 is 28.6 Å². The summed E-state index contributed by atoms with van der Waals surface area (Å²) in [6.45, 7) is 6.65. The van der Waals surface area contributed by atoms with Crippen LogP contribution in [-0.4, -0.2) is 37.2 Å². The van der Waals surface area contributed by atoms with Crippen LogP contribution in [0.25, 0.3) is 0 Å². The summed E-state index contributed by atoms with van der Waals surface area (Å²) >= 11 is 0. The molecule has 6 nitrogen and oxygen atoms in total. The number of rotatable bonds is 62. The topological polar surface area (TPSA) is 78.9 Å². The lowest BCUT2D eigenvalue weighted by atomic mass is 10.0. The summed E-state index contributed by atoms with van der Waals surface area (Å²) in [5.74, 6) is -0.880. The molecule has 0 aromatic rings. The Morgan fingerprint density at radius 3 is 0.750 bits per heavy atom. The highest BCUT2D eigenvalue weighted by atomic mass is 16.6. The number of hydrogen-bond acceptors (Lipinski definition) is 6. The predicted molar refractivity (Wildman–Crippen MR) is 330 cm³/mol. The van der Waals surface area contributed by atoms with Gasteiger partial charge in [-0.3, -0.25) is 14.4 Å². The van der Waals surface area contributed by atoms with Crippen LogP contribution in [0.3, 0.4) is 0 Å². The summed E-state index contributed by atoms with van der Waals surface area (Å²) < 4.78 is 16.9. The third-order valence-electron chi connectivity index (χ3n) is 15.0. The quantitative estimate of drug-likeness (QED) is 0.0261. The van der Waals surface area contributed by atoms with Crippen LogP contribution in [0.2, 0.25) is 0 Å². The number of carbonyl (C=O) groups is 3. The Balaban J connectivity index is 4.25. The molecule has 0 N–H and O–H groups in total. The van der Waals surface area contributed by atoms with Gasteiger partial charge in [0.15, 0.2) is 6.10 Å². The molecule has 0 spiro atoms. The van der Waals surface area contributed by atoms with Gasteiger partial charge in [-0.1, -0.05) is 288 Å². The number of hydrogen-bond donors (Lipinski definition) is 0. The minimum atomic E-state index is -0.783. The number of ether oxygens (including phenoxy) is 3. The molecule has 0 aliphatic carbocycles. The minimum absolute atomic E-state index is 0.0785. The third kappa shape index (κ3) is 62.2. The molecule has 6 heteroatoms. The van der Waals surface area contributed by atoms with Crippen molar-refractivity contribution in [3.05, 3.63) is 48.6 Å². The van der Waals surface area contributed by atoms with Crippen LogP contribution in [0.5, 0.6) is 0 Å². The number of esters is 3. The van der Waals surface area contributed by atoms with E-state index in [-0.39, 0.29) is 31.1 Å². The van der Waals surface area contributed by atoms with Crippen molar-refractivity contribution in [2.45, 2.75) is 367 Å². The van der Waals surface area contributed by atoms with Crippen LogP contribution in [0.4, 0.5) is 0 Å². The summed E-state index contributed by atoms with van der Waals surface area (Å²) in [5.41, 5.74) is 0. The van der Waals surface area contributed by atoms with Crippen LogP contribution in [0, 0.1) is 0 Å². The second-order valence-corrected chi connectivity index (χ2v) is 22.7. The van der Waals surface area contributed by atoms with Crippen molar-refractivity contribution in [3.8, 4) is 0 Å². The van der Waals surface area contributed by atoms with Crippen LogP contribution < -0.4 is 0 Å². The first kappa shape index (κ1) is 73.4. The van der Waals surface area contributed by atoms with Crippen LogP contribution in [0.15, 0.2) is 48.6 Å². The molecule has 76 heavy (non-hydrogen) atoms. The molecule has 0 heterocycles. The number of unbranched alkanes of at least 4 members (excludes halogenated alkanes) is 43. The van der Waals surface area contributed by atoms with Crippen molar-refractivity contribution in [3.63, 3.8) is 0 Å². The largest absolute Gasteiger partial charge is 0.462 e. The Kier molecular flexibility index (Phi) is 62.6. The lowest BCUT2D eigenvalue weighted by Gasteiger charge is -2.18. The van der Waals surface area contributed by atoms with Crippen molar-refractivity contribution in [2.75, 3.05) is 13.2 Å². The van der Waals surface area contributed by atoms with Crippen LogP contribution in [0.1, 0.15) is 361 Å². The molecular formula is C70H128O6. The van der Waals surface area contributed by atoms with Crippen LogP contribution >= 0.6 is 0 Å². The highest BCUT2D eigenvalue weighted by Crippen LogP contribution is 2.17. The van der Waals surface area contributed by atoms with Crippen molar-refractivity contribution in [1.29, 1.82) is 0 Å². The molecule has 0 saturated heterocycles. The van der Waals surface area contributed by atoms with Gasteiger partial charge in [-0.2, -0.15) is 0 Å². The predicted octanol–water partition coefficient (Wildman–Crippen LogP) is 22.9. The Bertz CT molecular complexity index is 1310. The number of carbonyl (C=O) groups excluding carboxylic acids is 3. The molecule has 1 unspecified atom stereocenters. The van der Waals surface area contributed by atoms with E-state index >= 15 is 0 Å². The molecular weight excluding hydrogens is 937 g/mol. The van der Waals surface area contributed by atoms with Gasteiger partial charge in [0.25, 0.3) is 0 Å². The molecule has 0 saturated carbocycles. The van der Waals surface area contributed by atoms with E-state index < -0.39 is 6.10 Å². The van der Waals surface area contributed by atoms with E-state index in [1.165, 1.54) is 231 Å². The fourth-order valence-corrected chi connectivity index (χ4v) is 9.94. The zero-order valence-electron chi connectivity index (χ0n) is 51.0. The van der Waals surface area contributed by atoms with Gasteiger partial charge in [0, 0.05) is 19.3 Å². The van der Waals surface area contributed by atoms with Gasteiger partial charge in [-0.25, -0.2) is 0 Å². The normalized spacial score (nSPS) is 12.3. The molecule has 0 aromatic carbocycles. The third-order valence-corrected chi connectivity index (χ3v) is 15.0. The van der Waals surface area contributed by atoms with E-state index in [2.05, 4.69) is 69.4 Å². The summed E-state index contributed by atoms with van der Waals surface area (Å²) in [6, 6.07) is 0. The zero-order chi connectivity index (χ0) is 55.0. The molecule has 0 rings (SSSR count). The van der Waals surface area contributed by atoms with Gasteiger partial charge < -0.3 is 14.2 Å². The average Bonchev–Trinajstić information content (AvgIpc) is 3.42. The number of allylic oxidation sites excluding steroid dienone is 8. The van der Waals surface area contributed by atoms with E-state index in [1.54, 1.807) is 0 Å². The second-order valence-electron chi connectivity index (χ2n) is 22.7. The fourth-order valence-electron chi connectivity index (χ4n) is 9.94. The highest BCUT2D eigenvalue weighted by molar-refractivity contribution is 5.71. The SMILES string of the molecule is CCCCCC/C=C\C/C=C\CCCCCCCC(=O)OC(COC(=O)CCCCCCC/C=C\CCCCCCCC)COC(=O)CCCCCCCCCCCCCCCCC/C=C\CCCCCCCCCC. The Hall–Kier alpha value is -2.63. The van der Waals surface area contributed by atoms with Crippen molar-refractivity contribution >= 4 is 17.9 Å². The first-order chi connectivity index (χ1) is 37.5. The van der Waals surface area contributed by atoms with Crippen molar-refractivity contribution in [2.24, 2.45) is 0 Å². The first-order valence-electron chi connectivity index (χ1n) is 33.6. The molecule has 0 aliphatic rings. The van der Waals surface area contributed by atoms with Gasteiger partial charge in [0.05, 0.1) is 0 Å². The average molecular weight is 1070 g/mol. The maximum absolute atomic E-state index is 12.9. The van der Waals surface area contributed by atoms with Crippen molar-refractivity contribution in [1.82, 2.24) is 0 Å². The van der Waals surface area contributed by atoms with Gasteiger partial charge in [-0.15, -0.1) is 0 Å². The van der Waals surface area contributed by atoms with E-state index in [9.17, 15) is 14.4 Å². The van der Waals surface area contributed by atoms with E-state index in [1.807, 2.05) is 0 Å². The first-order valence-corrected chi connectivity index (χ1v) is 33.6. The summed E-state index contributed by atoms with van der Waals surface area (Å²) in [4.78, 5) is 38.3. The Morgan fingerprint density at radius 2 is 0.474 bits per heavy atom. The van der Waals surface area contributed by atoms with Crippen LogP contribution in [-0.2, 0) is 28.6 Å². The fraction of sp³-hybridized carbons (Fsp3) is 0.843. The lowest BCUT2D eigenvalue weighted by Crippen LogP contribution is -2.30. The lowest BCUT2D eigenvalue weighted by molar-refractivity contribution is -0.167. The van der Waals surface area contributed by atoms with E-state index in [0.29, 0.717) is 19.3 Å². The molecule has 0 amide bonds. The van der Waals surface area contributed by atoms with E-state index in [0.717, 1.165) is 89.9 Å². The maximum Gasteiger partial charge on any atom is 0.306 e. The van der Waals surface area contributed by atoms with Gasteiger partial charge >= 0.3 is 17.9 Å². The molecule has 0 radical (unpaired) electrons. The van der Waals surface area contributed by atoms with Gasteiger partial charge in [0.2, 0.25) is 0 Å². The monoisotopic (exact) mass is 1060 g/mol. The molecule has 444 valence electrons. The summed E-state index contributed by atoms with van der Waals surface area (Å²) in [5, 5.41) is 0. The molecule has 0 aromatic heterocycles. The van der Waals surface area contributed by atoms with Gasteiger partial charge in [-0.05, 0) is 103 Å². The zero-order valence-corrected chi connectivity index (χ0v) is 51.0. The molecule has 1 atom stereocenters. The standard InChI is InChI=1S/C70H128O6/c1-4-7-10-13-16-19-22-25-28-30-31-32-33-34-35-36-37-38-39-40-43-45-48-51-54-57-60-63-69(72)75-66-67(65-74-68(71)62-59-56-53-50-47-44-41-27-24-21-18-15-12-9-6-3)76-70(73)64-61-58-55-52-49-46-42-29-26-23-20-17-14-11-8-5-2/h20,23,27,29-31,41-42,67H,4-19,21-22,24-26,28,32-40,43-66H2,1-3H3/b23-20-,31-30-,41-27-,42-29-. The minimum Gasteiger partial charge on any atom is -0.462 e. The Labute approximate surface area is 473 Å². The second kappa shape index (κ2) is 64.9. The molecule has 0 fully saturated rings. The van der Waals surface area contributed by atoms with Gasteiger partial charge in [0.1, 0.15) is 13.2 Å². The van der Waals surface area contributed by atoms with E-state index in [4.69, 9.17) is 14.2 Å². The molecule has 0 bridgehead atoms. The highest BCUT2D eigenvalue weighted by Gasteiger charge is 2.19. The summed E-state index contributed by atoms with van der Waals surface area (Å²) in [7, 11) is 0. The smallest absolute Gasteiger partial charge is 0.306 e. The maximum atomic E-state index is 12.9.